The molecule has 182 valence electrons. The summed E-state index contributed by atoms with van der Waals surface area (Å²) in [6.45, 7) is 0.0905. The van der Waals surface area contributed by atoms with E-state index in [1.807, 2.05) is 0 Å². The number of carbonyl (C=O) groups is 4. The van der Waals surface area contributed by atoms with Crippen molar-refractivity contribution >= 4 is 35.6 Å². The Morgan fingerprint density at radius 3 is 2.44 bits per heavy atom. The SMILES string of the molecule is COc1cc(/C=C2\C(=O)NC(=O)N(c3ccc(C(=O)O)cc3)C2=O)ccc1OCc1cccc(F)c1. The van der Waals surface area contributed by atoms with Gasteiger partial charge in [-0.25, -0.2) is 18.9 Å². The third-order valence-corrected chi connectivity index (χ3v) is 5.26. The van der Waals surface area contributed by atoms with Gasteiger partial charge in [-0.2, -0.15) is 0 Å². The molecule has 0 saturated carbocycles. The number of nitrogens with zero attached hydrogens (tertiary/aromatic N) is 1. The number of hydrogen-bond acceptors (Lipinski definition) is 6. The number of hydrogen-bond donors (Lipinski definition) is 2. The lowest BCUT2D eigenvalue weighted by Crippen LogP contribution is -2.54. The Hall–Kier alpha value is -4.99. The van der Waals surface area contributed by atoms with Gasteiger partial charge in [0.15, 0.2) is 11.5 Å². The monoisotopic (exact) mass is 490 g/mol. The molecule has 0 unspecified atom stereocenters. The molecule has 0 bridgehead atoms. The van der Waals surface area contributed by atoms with Gasteiger partial charge in [-0.05, 0) is 65.7 Å². The highest BCUT2D eigenvalue weighted by Crippen LogP contribution is 2.30. The maximum atomic E-state index is 13.4. The highest BCUT2D eigenvalue weighted by molar-refractivity contribution is 6.39. The Morgan fingerprint density at radius 1 is 1.03 bits per heavy atom. The molecule has 0 atom stereocenters. The van der Waals surface area contributed by atoms with Crippen LogP contribution in [0.15, 0.2) is 72.3 Å². The number of rotatable bonds is 7. The van der Waals surface area contributed by atoms with Crippen LogP contribution >= 0.6 is 0 Å². The molecular formula is C26H19FN2O7. The number of nitrogens with one attached hydrogen (secondary N) is 1. The maximum absolute atomic E-state index is 13.4. The molecule has 4 rings (SSSR count). The van der Waals surface area contributed by atoms with Crippen LogP contribution in [0.25, 0.3) is 6.08 Å². The maximum Gasteiger partial charge on any atom is 0.335 e. The molecule has 0 aromatic heterocycles. The van der Waals surface area contributed by atoms with Crippen LogP contribution in [0.2, 0.25) is 0 Å². The second kappa shape index (κ2) is 10.1. The van der Waals surface area contributed by atoms with Crippen molar-refractivity contribution in [1.82, 2.24) is 5.32 Å². The Bertz CT molecular complexity index is 1400. The minimum atomic E-state index is -1.16. The fraction of sp³-hybridized carbons (Fsp3) is 0.0769. The van der Waals surface area contributed by atoms with E-state index in [1.54, 1.807) is 24.3 Å². The van der Waals surface area contributed by atoms with Crippen molar-refractivity contribution in [3.05, 3.63) is 94.8 Å². The number of benzene rings is 3. The zero-order chi connectivity index (χ0) is 25.8. The molecule has 1 fully saturated rings. The zero-order valence-electron chi connectivity index (χ0n) is 18.9. The number of barbiturate groups is 1. The van der Waals surface area contributed by atoms with E-state index in [9.17, 15) is 23.6 Å². The number of anilines is 1. The summed E-state index contributed by atoms with van der Waals surface area (Å²) in [7, 11) is 1.42. The van der Waals surface area contributed by atoms with Gasteiger partial charge in [0, 0.05) is 0 Å². The smallest absolute Gasteiger partial charge is 0.335 e. The summed E-state index contributed by atoms with van der Waals surface area (Å²) in [5, 5.41) is 11.2. The normalized spacial score (nSPS) is 14.6. The summed E-state index contributed by atoms with van der Waals surface area (Å²) in [5.74, 6) is -2.64. The first-order valence-electron chi connectivity index (χ1n) is 10.6. The zero-order valence-corrected chi connectivity index (χ0v) is 18.9. The van der Waals surface area contributed by atoms with Gasteiger partial charge in [0.25, 0.3) is 11.8 Å². The summed E-state index contributed by atoms with van der Waals surface area (Å²) >= 11 is 0. The van der Waals surface area contributed by atoms with Crippen molar-refractivity contribution in [3.63, 3.8) is 0 Å². The summed E-state index contributed by atoms with van der Waals surface area (Å²) < 4.78 is 24.5. The first-order chi connectivity index (χ1) is 17.3. The number of carbonyl (C=O) groups excluding carboxylic acids is 3. The van der Waals surface area contributed by atoms with E-state index in [0.717, 1.165) is 4.90 Å². The molecule has 1 heterocycles. The molecule has 0 radical (unpaired) electrons. The van der Waals surface area contributed by atoms with Crippen LogP contribution in [-0.2, 0) is 16.2 Å². The van der Waals surface area contributed by atoms with Crippen LogP contribution in [0.3, 0.4) is 0 Å². The molecule has 3 aromatic carbocycles. The van der Waals surface area contributed by atoms with Crippen molar-refractivity contribution in [2.24, 2.45) is 0 Å². The molecule has 1 aliphatic heterocycles. The van der Waals surface area contributed by atoms with Gasteiger partial charge in [0.2, 0.25) is 0 Å². The van der Waals surface area contributed by atoms with E-state index >= 15 is 0 Å². The standard InChI is InChI=1S/C26H19FN2O7/c1-35-22-13-15(5-10-21(22)36-14-16-3-2-4-18(27)11-16)12-20-23(30)28-26(34)29(24(20)31)19-8-6-17(7-9-19)25(32)33/h2-13H,14H2,1H3,(H,32,33)(H,28,30,34)/b20-12+. The van der Waals surface area contributed by atoms with Gasteiger partial charge in [-0.1, -0.05) is 18.2 Å². The van der Waals surface area contributed by atoms with Crippen molar-refractivity contribution in [3.8, 4) is 11.5 Å². The number of urea groups is 1. The largest absolute Gasteiger partial charge is 0.493 e. The molecule has 9 nitrogen and oxygen atoms in total. The Balaban J connectivity index is 1.58. The molecule has 0 spiro atoms. The molecule has 1 saturated heterocycles. The second-order valence-electron chi connectivity index (χ2n) is 7.64. The van der Waals surface area contributed by atoms with Gasteiger partial charge in [-0.15, -0.1) is 0 Å². The third-order valence-electron chi connectivity index (χ3n) is 5.26. The van der Waals surface area contributed by atoms with E-state index in [2.05, 4.69) is 5.32 Å². The average Bonchev–Trinajstić information content (AvgIpc) is 2.86. The van der Waals surface area contributed by atoms with Gasteiger partial charge < -0.3 is 14.6 Å². The molecule has 3 aromatic rings. The van der Waals surface area contributed by atoms with E-state index < -0.39 is 23.8 Å². The number of imide groups is 2. The molecule has 2 N–H and O–H groups in total. The molecule has 1 aliphatic rings. The van der Waals surface area contributed by atoms with Gasteiger partial charge in [-0.3, -0.25) is 14.9 Å². The summed E-state index contributed by atoms with van der Waals surface area (Å²) in [4.78, 5) is 49.7. The van der Waals surface area contributed by atoms with Crippen molar-refractivity contribution < 1.29 is 38.1 Å². The highest BCUT2D eigenvalue weighted by Gasteiger charge is 2.36. The fourth-order valence-corrected chi connectivity index (χ4v) is 3.49. The topological polar surface area (TPSA) is 122 Å². The number of amides is 4. The second-order valence-corrected chi connectivity index (χ2v) is 7.64. The highest BCUT2D eigenvalue weighted by atomic mass is 19.1. The predicted octanol–water partition coefficient (Wildman–Crippen LogP) is 3.78. The Kier molecular flexibility index (Phi) is 6.77. The molecule has 36 heavy (non-hydrogen) atoms. The van der Waals surface area contributed by atoms with Gasteiger partial charge in [0.05, 0.1) is 18.4 Å². The number of aromatic carboxylic acids is 1. The van der Waals surface area contributed by atoms with Crippen LogP contribution in [0.4, 0.5) is 14.9 Å². The van der Waals surface area contributed by atoms with Crippen molar-refractivity contribution in [2.75, 3.05) is 12.0 Å². The fourth-order valence-electron chi connectivity index (χ4n) is 3.49. The molecule has 4 amide bonds. The van der Waals surface area contributed by atoms with Crippen LogP contribution in [0.1, 0.15) is 21.5 Å². The van der Waals surface area contributed by atoms with E-state index in [4.69, 9.17) is 14.6 Å². The third kappa shape index (κ3) is 5.07. The van der Waals surface area contributed by atoms with Crippen LogP contribution in [0, 0.1) is 5.82 Å². The Labute approximate surface area is 204 Å². The van der Waals surface area contributed by atoms with Gasteiger partial charge >= 0.3 is 12.0 Å². The van der Waals surface area contributed by atoms with E-state index in [0.29, 0.717) is 22.6 Å². The average molecular weight is 490 g/mol. The first kappa shape index (κ1) is 24.1. The molecular weight excluding hydrogens is 471 g/mol. The number of ether oxygens (including phenoxy) is 2. The summed E-state index contributed by atoms with van der Waals surface area (Å²) in [6, 6.07) is 14.8. The molecule has 0 aliphatic carbocycles. The van der Waals surface area contributed by atoms with Crippen LogP contribution < -0.4 is 19.7 Å². The first-order valence-corrected chi connectivity index (χ1v) is 10.6. The van der Waals surface area contributed by atoms with Gasteiger partial charge in [0.1, 0.15) is 18.0 Å². The summed E-state index contributed by atoms with van der Waals surface area (Å²) in [5.41, 5.74) is 0.794. The Morgan fingerprint density at radius 2 is 1.78 bits per heavy atom. The van der Waals surface area contributed by atoms with Crippen LogP contribution in [0.5, 0.6) is 11.5 Å². The lowest BCUT2D eigenvalue weighted by molar-refractivity contribution is -0.122. The lowest BCUT2D eigenvalue weighted by Gasteiger charge is -2.26. The lowest BCUT2D eigenvalue weighted by atomic mass is 10.1. The summed E-state index contributed by atoms with van der Waals surface area (Å²) in [6.07, 6.45) is 1.29. The van der Waals surface area contributed by atoms with Crippen molar-refractivity contribution in [1.29, 1.82) is 0 Å². The van der Waals surface area contributed by atoms with Crippen molar-refractivity contribution in [2.45, 2.75) is 6.61 Å². The minimum Gasteiger partial charge on any atom is -0.493 e. The predicted molar refractivity (Wildman–Crippen MR) is 126 cm³/mol. The number of carboxylic acids is 1. The number of carboxylic acid groups (broad SMARTS) is 1. The van der Waals surface area contributed by atoms with E-state index in [1.165, 1.54) is 55.7 Å². The quantitative estimate of drug-likeness (QED) is 0.382. The molecule has 10 heteroatoms. The minimum absolute atomic E-state index is 0.0257. The van der Waals surface area contributed by atoms with E-state index in [-0.39, 0.29) is 29.2 Å². The number of halogens is 1. The van der Waals surface area contributed by atoms with Crippen LogP contribution in [-0.4, -0.2) is 36.0 Å². The number of methoxy groups -OCH3 is 1.